The number of anilines is 1. The fourth-order valence-corrected chi connectivity index (χ4v) is 5.11. The number of hydrogen-bond acceptors (Lipinski definition) is 6. The highest BCUT2D eigenvalue weighted by Crippen LogP contribution is 2.37. The number of rotatable bonds is 7. The number of fused-ring (bicyclic) bond motifs is 1. The summed E-state index contributed by atoms with van der Waals surface area (Å²) in [6.45, 7) is 4.23. The maximum absolute atomic E-state index is 12.6. The molecule has 0 atom stereocenters. The van der Waals surface area contributed by atoms with Gasteiger partial charge in [0.25, 0.3) is 11.8 Å². The molecule has 0 aliphatic carbocycles. The van der Waals surface area contributed by atoms with E-state index in [1.807, 2.05) is 24.3 Å². The van der Waals surface area contributed by atoms with E-state index in [2.05, 4.69) is 21.1 Å². The normalized spacial score (nSPS) is 13.8. The smallest absolute Gasteiger partial charge is 0.281 e. The zero-order valence-corrected chi connectivity index (χ0v) is 19.3. The highest BCUT2D eigenvalue weighted by Gasteiger charge is 2.18. The highest BCUT2D eigenvalue weighted by atomic mass is 35.5. The Morgan fingerprint density at radius 3 is 2.50 bits per heavy atom. The number of thiophene rings is 1. The van der Waals surface area contributed by atoms with Crippen LogP contribution in [0.3, 0.4) is 0 Å². The van der Waals surface area contributed by atoms with E-state index >= 15 is 0 Å². The second kappa shape index (κ2) is 10.2. The first-order valence-corrected chi connectivity index (χ1v) is 11.7. The van der Waals surface area contributed by atoms with Crippen LogP contribution in [0.2, 0.25) is 5.02 Å². The first-order chi connectivity index (χ1) is 15.5. The van der Waals surface area contributed by atoms with Crippen molar-refractivity contribution in [1.29, 1.82) is 0 Å². The van der Waals surface area contributed by atoms with Crippen LogP contribution in [0.1, 0.15) is 32.9 Å². The second-order valence-corrected chi connectivity index (χ2v) is 9.00. The van der Waals surface area contributed by atoms with Crippen molar-refractivity contribution in [2.45, 2.75) is 12.8 Å². The monoisotopic (exact) mass is 472 g/mol. The van der Waals surface area contributed by atoms with Crippen LogP contribution in [0.4, 0.5) is 5.69 Å². The number of carbonyl (C=O) groups excluding carboxylic acids is 2. The van der Waals surface area contributed by atoms with Crippen molar-refractivity contribution in [3.05, 3.63) is 57.9 Å². The molecule has 4 rings (SSSR count). The van der Waals surface area contributed by atoms with Crippen molar-refractivity contribution < 1.29 is 14.3 Å². The van der Waals surface area contributed by atoms with Crippen LogP contribution in [0.15, 0.2) is 42.5 Å². The van der Waals surface area contributed by atoms with Gasteiger partial charge in [-0.05, 0) is 68.4 Å². The molecule has 168 valence electrons. The average Bonchev–Trinajstić information content (AvgIpc) is 3.45. The molecule has 0 radical (unpaired) electrons. The molecule has 9 heteroatoms. The molecule has 3 N–H and O–H groups in total. The van der Waals surface area contributed by atoms with Crippen molar-refractivity contribution in [3.8, 4) is 5.75 Å². The number of carbonyl (C=O) groups is 2. The van der Waals surface area contributed by atoms with Crippen LogP contribution in [0, 0.1) is 0 Å². The molecule has 32 heavy (non-hydrogen) atoms. The number of benzene rings is 2. The van der Waals surface area contributed by atoms with Crippen molar-refractivity contribution in [2.24, 2.45) is 0 Å². The third kappa shape index (κ3) is 5.15. The Labute approximate surface area is 195 Å². The first kappa shape index (κ1) is 22.4. The van der Waals surface area contributed by atoms with Gasteiger partial charge in [0.05, 0.1) is 12.1 Å². The molecular weight excluding hydrogens is 448 g/mol. The molecule has 0 bridgehead atoms. The summed E-state index contributed by atoms with van der Waals surface area (Å²) in [5, 5.41) is 4.49. The van der Waals surface area contributed by atoms with Crippen LogP contribution >= 0.6 is 22.9 Å². The molecule has 7 nitrogen and oxygen atoms in total. The summed E-state index contributed by atoms with van der Waals surface area (Å²) in [5.74, 6) is -0.186. The predicted octanol–water partition coefficient (Wildman–Crippen LogP) is 4.15. The standard InChI is InChI=1S/C23H25ClN4O3S/c1-31-17-8-9-18-19(14-17)32-21(20(18)24)23(30)27-26-22(29)15-4-6-16(7-5-15)25-10-13-28-11-2-3-12-28/h4-9,14,25H,2-3,10-13H2,1H3,(H,26,29)(H,27,30). The van der Waals surface area contributed by atoms with Crippen molar-refractivity contribution in [3.63, 3.8) is 0 Å². The highest BCUT2D eigenvalue weighted by molar-refractivity contribution is 7.21. The van der Waals surface area contributed by atoms with Crippen LogP contribution in [0.5, 0.6) is 5.75 Å². The molecule has 1 aliphatic heterocycles. The number of likely N-dealkylation sites (tertiary alicyclic amines) is 1. The minimum Gasteiger partial charge on any atom is -0.497 e. The molecule has 1 fully saturated rings. The van der Waals surface area contributed by atoms with Crippen molar-refractivity contribution in [1.82, 2.24) is 15.8 Å². The van der Waals surface area contributed by atoms with Gasteiger partial charge in [0.2, 0.25) is 0 Å². The lowest BCUT2D eigenvalue weighted by atomic mass is 10.2. The summed E-state index contributed by atoms with van der Waals surface area (Å²) in [4.78, 5) is 27.8. The molecule has 3 aromatic rings. The van der Waals surface area contributed by atoms with Crippen molar-refractivity contribution in [2.75, 3.05) is 38.6 Å². The lowest BCUT2D eigenvalue weighted by molar-refractivity contribution is 0.0849. The molecule has 2 heterocycles. The van der Waals surface area contributed by atoms with Gasteiger partial charge < -0.3 is 15.0 Å². The van der Waals surface area contributed by atoms with Gasteiger partial charge in [-0.1, -0.05) is 11.6 Å². The zero-order chi connectivity index (χ0) is 22.5. The number of methoxy groups -OCH3 is 1. The maximum Gasteiger partial charge on any atom is 0.281 e. The van der Waals surface area contributed by atoms with Gasteiger partial charge in [0.1, 0.15) is 10.6 Å². The Morgan fingerprint density at radius 1 is 1.06 bits per heavy atom. The molecule has 0 unspecified atom stereocenters. The van der Waals surface area contributed by atoms with Crippen LogP contribution in [0.25, 0.3) is 10.1 Å². The third-order valence-corrected chi connectivity index (χ3v) is 7.09. The Balaban J connectivity index is 1.30. The number of ether oxygens (including phenoxy) is 1. The summed E-state index contributed by atoms with van der Waals surface area (Å²) in [6, 6.07) is 12.6. The first-order valence-electron chi connectivity index (χ1n) is 10.5. The van der Waals surface area contributed by atoms with E-state index in [1.165, 1.54) is 37.3 Å². The number of amides is 2. The summed E-state index contributed by atoms with van der Waals surface area (Å²) in [5.41, 5.74) is 6.29. The van der Waals surface area contributed by atoms with Gasteiger partial charge in [-0.2, -0.15) is 0 Å². The zero-order valence-electron chi connectivity index (χ0n) is 17.7. The molecular formula is C23H25ClN4O3S. The van der Waals surface area contributed by atoms with E-state index in [9.17, 15) is 9.59 Å². The Bertz CT molecular complexity index is 1110. The molecule has 0 spiro atoms. The average molecular weight is 473 g/mol. The SMILES string of the molecule is COc1ccc2c(Cl)c(C(=O)NNC(=O)c3ccc(NCCN4CCCC4)cc3)sc2c1. The van der Waals surface area contributed by atoms with Gasteiger partial charge in [-0.25, -0.2) is 0 Å². The van der Waals surface area contributed by atoms with Gasteiger partial charge in [0.15, 0.2) is 0 Å². The number of nitrogens with one attached hydrogen (secondary N) is 3. The van der Waals surface area contributed by atoms with Gasteiger partial charge in [0, 0.05) is 34.4 Å². The molecule has 2 aromatic carbocycles. The molecule has 1 aliphatic rings. The summed E-state index contributed by atoms with van der Waals surface area (Å²) >= 11 is 7.61. The van der Waals surface area contributed by atoms with Gasteiger partial charge in [-0.15, -0.1) is 11.3 Å². The third-order valence-electron chi connectivity index (χ3n) is 5.44. The van der Waals surface area contributed by atoms with Crippen LogP contribution < -0.4 is 20.9 Å². The van der Waals surface area contributed by atoms with E-state index in [4.69, 9.17) is 16.3 Å². The fourth-order valence-electron chi connectivity index (χ4n) is 3.67. The largest absolute Gasteiger partial charge is 0.497 e. The lowest BCUT2D eigenvalue weighted by Gasteiger charge is -2.15. The molecule has 1 saturated heterocycles. The Morgan fingerprint density at radius 2 is 1.78 bits per heavy atom. The molecule has 2 amide bonds. The summed E-state index contributed by atoms with van der Waals surface area (Å²) in [6.07, 6.45) is 2.56. The second-order valence-electron chi connectivity index (χ2n) is 7.57. The lowest BCUT2D eigenvalue weighted by Crippen LogP contribution is -2.41. The summed E-state index contributed by atoms with van der Waals surface area (Å²) < 4.78 is 6.04. The van der Waals surface area contributed by atoms with E-state index < -0.39 is 11.8 Å². The van der Waals surface area contributed by atoms with Gasteiger partial charge >= 0.3 is 0 Å². The minimum absolute atomic E-state index is 0.327. The predicted molar refractivity (Wildman–Crippen MR) is 129 cm³/mol. The summed E-state index contributed by atoms with van der Waals surface area (Å²) in [7, 11) is 1.58. The quantitative estimate of drug-likeness (QED) is 0.450. The van der Waals surface area contributed by atoms with Crippen LogP contribution in [-0.4, -0.2) is 50.0 Å². The topological polar surface area (TPSA) is 82.7 Å². The van der Waals surface area contributed by atoms with E-state index in [0.29, 0.717) is 21.2 Å². The van der Waals surface area contributed by atoms with Crippen molar-refractivity contribution >= 4 is 50.5 Å². The van der Waals surface area contributed by atoms with E-state index in [0.717, 1.165) is 28.9 Å². The van der Waals surface area contributed by atoms with E-state index in [1.54, 1.807) is 25.3 Å². The number of nitrogens with zero attached hydrogens (tertiary/aromatic N) is 1. The number of hydrogen-bond donors (Lipinski definition) is 3. The van der Waals surface area contributed by atoms with Crippen LogP contribution in [-0.2, 0) is 0 Å². The maximum atomic E-state index is 12.6. The van der Waals surface area contributed by atoms with Gasteiger partial charge in [-0.3, -0.25) is 20.4 Å². The minimum atomic E-state index is -0.469. The molecule has 1 aromatic heterocycles. The van der Waals surface area contributed by atoms with E-state index in [-0.39, 0.29) is 0 Å². The number of halogens is 1. The fraction of sp³-hybridized carbons (Fsp3) is 0.304. The Hall–Kier alpha value is -2.81. The molecule has 0 saturated carbocycles. The Kier molecular flexibility index (Phi) is 7.14. The number of hydrazine groups is 1.